The van der Waals surface area contributed by atoms with E-state index in [9.17, 15) is 9.59 Å². The van der Waals surface area contributed by atoms with E-state index in [0.717, 1.165) is 31.6 Å². The Labute approximate surface area is 166 Å². The average Bonchev–Trinajstić information content (AvgIpc) is 2.91. The fraction of sp³-hybridized carbons (Fsp3) is 0.391. The van der Waals surface area contributed by atoms with Gasteiger partial charge in [-0.2, -0.15) is 0 Å². The van der Waals surface area contributed by atoms with E-state index in [1.807, 2.05) is 36.4 Å². The summed E-state index contributed by atoms with van der Waals surface area (Å²) in [6.45, 7) is 3.15. The third-order valence-corrected chi connectivity index (χ3v) is 6.16. The minimum atomic E-state index is -0.690. The van der Waals surface area contributed by atoms with Crippen LogP contribution in [0.4, 0.5) is 4.79 Å². The van der Waals surface area contributed by atoms with Crippen LogP contribution in [0.2, 0.25) is 0 Å². The molecule has 2 saturated heterocycles. The van der Waals surface area contributed by atoms with Gasteiger partial charge in [0.1, 0.15) is 5.54 Å². The Morgan fingerprint density at radius 3 is 2.04 bits per heavy atom. The molecule has 2 aliphatic heterocycles. The second kappa shape index (κ2) is 7.76. The summed E-state index contributed by atoms with van der Waals surface area (Å²) in [4.78, 5) is 31.4. The number of rotatable bonds is 5. The highest BCUT2D eigenvalue weighted by molar-refractivity contribution is 6.06. The maximum Gasteiger partial charge on any atom is 0.327 e. The number of hydrogen-bond acceptors (Lipinski definition) is 3. The molecule has 5 heteroatoms. The van der Waals surface area contributed by atoms with Crippen molar-refractivity contribution in [3.05, 3.63) is 71.8 Å². The van der Waals surface area contributed by atoms with Crippen molar-refractivity contribution in [3.63, 3.8) is 0 Å². The summed E-state index contributed by atoms with van der Waals surface area (Å²) in [6, 6.07) is 20.2. The molecule has 0 atom stereocenters. The smallest absolute Gasteiger partial charge is 0.305 e. The molecule has 0 aliphatic carbocycles. The molecule has 3 amide bonds. The molecule has 4 rings (SSSR count). The van der Waals surface area contributed by atoms with Crippen molar-refractivity contribution in [2.24, 2.45) is 0 Å². The van der Waals surface area contributed by atoms with Crippen LogP contribution < -0.4 is 0 Å². The Bertz CT molecular complexity index is 829. The van der Waals surface area contributed by atoms with E-state index in [-0.39, 0.29) is 11.9 Å². The molecule has 1 spiro atoms. The summed E-state index contributed by atoms with van der Waals surface area (Å²) in [5.74, 6) is -0.0452. The summed E-state index contributed by atoms with van der Waals surface area (Å²) in [6.07, 6.45) is 2.40. The lowest BCUT2D eigenvalue weighted by atomic mass is 9.85. The molecule has 28 heavy (non-hydrogen) atoms. The highest BCUT2D eigenvalue weighted by Gasteiger charge is 2.56. The number of benzene rings is 2. The minimum Gasteiger partial charge on any atom is -0.305 e. The van der Waals surface area contributed by atoms with Gasteiger partial charge in [-0.25, -0.2) is 4.79 Å². The zero-order chi connectivity index (χ0) is 19.6. The van der Waals surface area contributed by atoms with Crippen molar-refractivity contribution in [1.82, 2.24) is 14.7 Å². The standard InChI is InChI=1S/C23H27N3O2/c1-24-21(27)23(26(22(24)28)18-20-10-6-3-7-11-20)13-16-25(17-14-23)15-12-19-8-4-2-5-9-19/h2-11H,12-18H2,1H3. The van der Waals surface area contributed by atoms with Crippen LogP contribution in [0.5, 0.6) is 0 Å². The van der Waals surface area contributed by atoms with Crippen LogP contribution in [0.3, 0.4) is 0 Å². The number of urea groups is 1. The Hall–Kier alpha value is -2.66. The number of carbonyl (C=O) groups is 2. The quantitative estimate of drug-likeness (QED) is 0.752. The zero-order valence-electron chi connectivity index (χ0n) is 16.4. The molecule has 0 aromatic heterocycles. The van der Waals surface area contributed by atoms with E-state index in [0.29, 0.717) is 19.4 Å². The Balaban J connectivity index is 1.45. The minimum absolute atomic E-state index is 0.0452. The van der Waals surface area contributed by atoms with Gasteiger partial charge in [0.2, 0.25) is 0 Å². The molecule has 5 nitrogen and oxygen atoms in total. The number of piperidine rings is 1. The molecule has 2 aromatic carbocycles. The molecule has 146 valence electrons. The Kier molecular flexibility index (Phi) is 5.18. The number of imide groups is 1. The van der Waals surface area contributed by atoms with Crippen LogP contribution in [0, 0.1) is 0 Å². The predicted molar refractivity (Wildman–Crippen MR) is 109 cm³/mol. The van der Waals surface area contributed by atoms with Crippen molar-refractivity contribution in [2.75, 3.05) is 26.7 Å². The van der Waals surface area contributed by atoms with Crippen LogP contribution in [0.1, 0.15) is 24.0 Å². The number of likely N-dealkylation sites (tertiary alicyclic amines) is 1. The first-order chi connectivity index (χ1) is 13.6. The number of hydrogen-bond donors (Lipinski definition) is 0. The van der Waals surface area contributed by atoms with Gasteiger partial charge in [0.25, 0.3) is 5.91 Å². The predicted octanol–water partition coefficient (Wildman–Crippen LogP) is 3.16. The van der Waals surface area contributed by atoms with Gasteiger partial charge < -0.3 is 9.80 Å². The first-order valence-electron chi connectivity index (χ1n) is 10.0. The van der Waals surface area contributed by atoms with Gasteiger partial charge in [0.15, 0.2) is 0 Å². The SMILES string of the molecule is CN1C(=O)N(Cc2ccccc2)C2(CCN(CCc3ccccc3)CC2)C1=O. The monoisotopic (exact) mass is 377 g/mol. The maximum absolute atomic E-state index is 13.0. The number of carbonyl (C=O) groups excluding carboxylic acids is 2. The summed E-state index contributed by atoms with van der Waals surface area (Å²) in [5.41, 5.74) is 1.70. The van der Waals surface area contributed by atoms with Crippen molar-refractivity contribution in [1.29, 1.82) is 0 Å². The topological polar surface area (TPSA) is 43.9 Å². The molecule has 0 unspecified atom stereocenters. The van der Waals surface area contributed by atoms with Crippen LogP contribution in [0.25, 0.3) is 0 Å². The van der Waals surface area contributed by atoms with Crippen molar-refractivity contribution < 1.29 is 9.59 Å². The fourth-order valence-corrected chi connectivity index (χ4v) is 4.43. The van der Waals surface area contributed by atoms with E-state index in [1.165, 1.54) is 10.5 Å². The summed E-state index contributed by atoms with van der Waals surface area (Å²) in [7, 11) is 1.61. The van der Waals surface area contributed by atoms with E-state index in [1.54, 1.807) is 11.9 Å². The third kappa shape index (κ3) is 3.42. The van der Waals surface area contributed by atoms with E-state index in [2.05, 4.69) is 29.2 Å². The lowest BCUT2D eigenvalue weighted by molar-refractivity contribution is -0.135. The molecule has 0 saturated carbocycles. The summed E-state index contributed by atoms with van der Waals surface area (Å²) in [5, 5.41) is 0. The van der Waals surface area contributed by atoms with Gasteiger partial charge in [-0.05, 0) is 30.4 Å². The van der Waals surface area contributed by atoms with Gasteiger partial charge in [-0.3, -0.25) is 9.69 Å². The fourth-order valence-electron chi connectivity index (χ4n) is 4.43. The Morgan fingerprint density at radius 1 is 0.857 bits per heavy atom. The van der Waals surface area contributed by atoms with E-state index < -0.39 is 5.54 Å². The van der Waals surface area contributed by atoms with E-state index >= 15 is 0 Å². The van der Waals surface area contributed by atoms with Crippen molar-refractivity contribution in [2.45, 2.75) is 31.3 Å². The molecule has 2 aliphatic rings. The van der Waals surface area contributed by atoms with Crippen molar-refractivity contribution >= 4 is 11.9 Å². The van der Waals surface area contributed by atoms with Gasteiger partial charge in [0.05, 0.1) is 0 Å². The molecule has 2 fully saturated rings. The van der Waals surface area contributed by atoms with Crippen LogP contribution in [-0.4, -0.2) is 58.9 Å². The number of amides is 3. The molecule has 0 N–H and O–H groups in total. The first kappa shape index (κ1) is 18.7. The highest BCUT2D eigenvalue weighted by Crippen LogP contribution is 2.37. The van der Waals surface area contributed by atoms with Crippen LogP contribution in [0.15, 0.2) is 60.7 Å². The second-order valence-corrected chi connectivity index (χ2v) is 7.83. The molecular formula is C23H27N3O2. The summed E-state index contributed by atoms with van der Waals surface area (Å²) >= 11 is 0. The first-order valence-corrected chi connectivity index (χ1v) is 10.0. The highest BCUT2D eigenvalue weighted by atomic mass is 16.2. The van der Waals surface area contributed by atoms with Gasteiger partial charge >= 0.3 is 6.03 Å². The number of nitrogens with zero attached hydrogens (tertiary/aromatic N) is 3. The van der Waals surface area contributed by atoms with E-state index in [4.69, 9.17) is 0 Å². The Morgan fingerprint density at radius 2 is 1.43 bits per heavy atom. The van der Waals surface area contributed by atoms with Gasteiger partial charge in [-0.1, -0.05) is 60.7 Å². The zero-order valence-corrected chi connectivity index (χ0v) is 16.4. The molecule has 2 aromatic rings. The second-order valence-electron chi connectivity index (χ2n) is 7.83. The largest absolute Gasteiger partial charge is 0.327 e. The van der Waals surface area contributed by atoms with Crippen molar-refractivity contribution in [3.8, 4) is 0 Å². The van der Waals surface area contributed by atoms with Crippen LogP contribution in [-0.2, 0) is 17.8 Å². The third-order valence-electron chi connectivity index (χ3n) is 6.16. The molecular weight excluding hydrogens is 350 g/mol. The molecule has 0 radical (unpaired) electrons. The van der Waals surface area contributed by atoms with Gasteiger partial charge in [-0.15, -0.1) is 0 Å². The summed E-state index contributed by atoms with van der Waals surface area (Å²) < 4.78 is 0. The maximum atomic E-state index is 13.0. The van der Waals surface area contributed by atoms with Crippen LogP contribution >= 0.6 is 0 Å². The lowest BCUT2D eigenvalue weighted by Gasteiger charge is -2.42. The number of likely N-dealkylation sites (N-methyl/N-ethyl adjacent to an activating group) is 1. The molecule has 2 heterocycles. The average molecular weight is 377 g/mol. The molecule has 0 bridgehead atoms. The normalized spacial score (nSPS) is 19.6. The van der Waals surface area contributed by atoms with Gasteiger partial charge in [0, 0.05) is 33.2 Å². The lowest BCUT2D eigenvalue weighted by Crippen LogP contribution is -2.56.